The Hall–Kier alpha value is -1.26. The van der Waals surface area contributed by atoms with Crippen LogP contribution in [0, 0.1) is 0 Å². The zero-order valence-electron chi connectivity index (χ0n) is 10.7. The van der Waals surface area contributed by atoms with Gasteiger partial charge in [0.25, 0.3) is 0 Å². The van der Waals surface area contributed by atoms with Gasteiger partial charge in [-0.25, -0.2) is 0 Å². The molecule has 0 aromatic heterocycles. The molecular weight excluding hydrogens is 232 g/mol. The summed E-state index contributed by atoms with van der Waals surface area (Å²) in [6.45, 7) is 3.84. The molecule has 0 saturated carbocycles. The first kappa shape index (κ1) is 13.2. The van der Waals surface area contributed by atoms with Crippen LogP contribution in [0.5, 0.6) is 11.5 Å². The Balaban J connectivity index is 2.08. The lowest BCUT2D eigenvalue weighted by Gasteiger charge is -2.36. The molecule has 0 atom stereocenters. The maximum Gasteiger partial charge on any atom is 0.136 e. The third-order valence-electron chi connectivity index (χ3n) is 3.14. The van der Waals surface area contributed by atoms with E-state index in [-0.39, 0.29) is 6.61 Å². The number of rotatable bonds is 5. The lowest BCUT2D eigenvalue weighted by atomic mass is 9.95. The molecule has 0 amide bonds. The highest BCUT2D eigenvalue weighted by Gasteiger charge is 2.34. The Kier molecular flexibility index (Phi) is 4.44. The van der Waals surface area contributed by atoms with Crippen LogP contribution in [0.25, 0.3) is 0 Å². The van der Waals surface area contributed by atoms with Crippen molar-refractivity contribution in [3.05, 3.63) is 24.3 Å². The molecule has 1 aliphatic heterocycles. The third-order valence-corrected chi connectivity index (χ3v) is 3.14. The molecule has 1 aromatic rings. The molecule has 18 heavy (non-hydrogen) atoms. The summed E-state index contributed by atoms with van der Waals surface area (Å²) in [5.41, 5.74) is -0.511. The summed E-state index contributed by atoms with van der Waals surface area (Å²) in [6, 6.07) is 7.53. The summed E-state index contributed by atoms with van der Waals surface area (Å²) in [5, 5.41) is 9.56. The van der Waals surface area contributed by atoms with Gasteiger partial charge in [0.1, 0.15) is 17.1 Å². The average molecular weight is 252 g/mol. The molecule has 4 nitrogen and oxygen atoms in total. The minimum atomic E-state index is -0.511. The molecule has 1 heterocycles. The number of benzene rings is 1. The van der Waals surface area contributed by atoms with Crippen molar-refractivity contribution in [3.8, 4) is 11.5 Å². The van der Waals surface area contributed by atoms with Crippen LogP contribution in [-0.4, -0.2) is 37.1 Å². The fraction of sp³-hybridized carbons (Fsp3) is 0.571. The first-order valence-electron chi connectivity index (χ1n) is 6.38. The van der Waals surface area contributed by atoms with Crippen molar-refractivity contribution < 1.29 is 19.3 Å². The van der Waals surface area contributed by atoms with Gasteiger partial charge in [0.15, 0.2) is 0 Å². The van der Waals surface area contributed by atoms with E-state index in [1.54, 1.807) is 0 Å². The Morgan fingerprint density at radius 2 is 2.00 bits per heavy atom. The quantitative estimate of drug-likeness (QED) is 0.870. The second kappa shape index (κ2) is 6.07. The number of aliphatic hydroxyl groups is 1. The SMILES string of the molecule is CCOc1cccc(OC2(CO)CCOCC2)c1. The summed E-state index contributed by atoms with van der Waals surface area (Å²) in [7, 11) is 0. The molecular formula is C14H20O4. The van der Waals surface area contributed by atoms with Crippen LogP contribution in [0.1, 0.15) is 19.8 Å². The molecule has 0 bridgehead atoms. The van der Waals surface area contributed by atoms with Crippen molar-refractivity contribution in [3.63, 3.8) is 0 Å². The highest BCUT2D eigenvalue weighted by Crippen LogP contribution is 2.29. The molecule has 0 spiro atoms. The Morgan fingerprint density at radius 3 is 2.67 bits per heavy atom. The van der Waals surface area contributed by atoms with Gasteiger partial charge in [-0.2, -0.15) is 0 Å². The van der Waals surface area contributed by atoms with Crippen LogP contribution >= 0.6 is 0 Å². The molecule has 0 unspecified atom stereocenters. The Labute approximate surface area is 107 Å². The van der Waals surface area contributed by atoms with Crippen LogP contribution in [0.3, 0.4) is 0 Å². The Bertz CT molecular complexity index is 372. The van der Waals surface area contributed by atoms with E-state index >= 15 is 0 Å². The molecule has 1 saturated heterocycles. The van der Waals surface area contributed by atoms with Gasteiger partial charge in [-0.1, -0.05) is 6.07 Å². The van der Waals surface area contributed by atoms with E-state index in [0.717, 1.165) is 11.5 Å². The summed E-state index contributed by atoms with van der Waals surface area (Å²) in [4.78, 5) is 0. The molecule has 0 radical (unpaired) electrons. The van der Waals surface area contributed by atoms with Gasteiger partial charge in [-0.05, 0) is 19.1 Å². The molecule has 100 valence electrons. The Morgan fingerprint density at radius 1 is 1.28 bits per heavy atom. The van der Waals surface area contributed by atoms with E-state index in [4.69, 9.17) is 14.2 Å². The summed E-state index contributed by atoms with van der Waals surface area (Å²) < 4.78 is 16.7. The van der Waals surface area contributed by atoms with Crippen molar-refractivity contribution in [1.82, 2.24) is 0 Å². The van der Waals surface area contributed by atoms with Crippen LogP contribution in [0.2, 0.25) is 0 Å². The van der Waals surface area contributed by atoms with Crippen LogP contribution < -0.4 is 9.47 Å². The molecule has 1 aliphatic rings. The second-order valence-corrected chi connectivity index (χ2v) is 4.46. The van der Waals surface area contributed by atoms with Gasteiger partial charge in [0.05, 0.1) is 26.4 Å². The van der Waals surface area contributed by atoms with Crippen molar-refractivity contribution in [2.24, 2.45) is 0 Å². The largest absolute Gasteiger partial charge is 0.494 e. The molecule has 4 heteroatoms. The highest BCUT2D eigenvalue weighted by molar-refractivity contribution is 5.33. The van der Waals surface area contributed by atoms with Gasteiger partial charge in [-0.15, -0.1) is 0 Å². The predicted octanol–water partition coefficient (Wildman–Crippen LogP) is 2.01. The van der Waals surface area contributed by atoms with Crippen LogP contribution in [0.4, 0.5) is 0 Å². The zero-order chi connectivity index (χ0) is 12.8. The van der Waals surface area contributed by atoms with Crippen molar-refractivity contribution >= 4 is 0 Å². The smallest absolute Gasteiger partial charge is 0.136 e. The van der Waals surface area contributed by atoms with Gasteiger partial charge in [0, 0.05) is 18.9 Å². The molecule has 2 rings (SSSR count). The fourth-order valence-electron chi connectivity index (χ4n) is 2.08. The number of hydrogen-bond acceptors (Lipinski definition) is 4. The van der Waals surface area contributed by atoms with Gasteiger partial charge >= 0.3 is 0 Å². The van der Waals surface area contributed by atoms with E-state index in [0.29, 0.717) is 32.7 Å². The van der Waals surface area contributed by atoms with Crippen molar-refractivity contribution in [2.45, 2.75) is 25.4 Å². The molecule has 1 N–H and O–H groups in total. The highest BCUT2D eigenvalue weighted by atomic mass is 16.5. The minimum Gasteiger partial charge on any atom is -0.494 e. The maximum absolute atomic E-state index is 9.56. The summed E-state index contributed by atoms with van der Waals surface area (Å²) >= 11 is 0. The van der Waals surface area contributed by atoms with Crippen molar-refractivity contribution in [1.29, 1.82) is 0 Å². The minimum absolute atomic E-state index is 0.00915. The molecule has 0 aliphatic carbocycles. The van der Waals surface area contributed by atoms with E-state index in [1.807, 2.05) is 31.2 Å². The normalized spacial score (nSPS) is 18.3. The standard InChI is InChI=1S/C14H20O4/c1-2-17-12-4-3-5-13(10-12)18-14(11-15)6-8-16-9-7-14/h3-5,10,15H,2,6-9,11H2,1H3. The maximum atomic E-state index is 9.56. The zero-order valence-corrected chi connectivity index (χ0v) is 10.7. The summed E-state index contributed by atoms with van der Waals surface area (Å²) in [6.07, 6.45) is 1.42. The molecule has 1 aromatic carbocycles. The lowest BCUT2D eigenvalue weighted by Crippen LogP contribution is -2.45. The first-order chi connectivity index (χ1) is 8.78. The van der Waals surface area contributed by atoms with Gasteiger partial charge in [-0.3, -0.25) is 0 Å². The number of hydrogen-bond donors (Lipinski definition) is 1. The number of ether oxygens (including phenoxy) is 3. The lowest BCUT2D eigenvalue weighted by molar-refractivity contribution is -0.0742. The monoisotopic (exact) mass is 252 g/mol. The van der Waals surface area contributed by atoms with Crippen LogP contribution in [0.15, 0.2) is 24.3 Å². The summed E-state index contributed by atoms with van der Waals surface area (Å²) in [5.74, 6) is 1.52. The van der Waals surface area contributed by atoms with E-state index in [9.17, 15) is 5.11 Å². The van der Waals surface area contributed by atoms with Gasteiger partial charge in [0.2, 0.25) is 0 Å². The van der Waals surface area contributed by atoms with Crippen molar-refractivity contribution in [2.75, 3.05) is 26.4 Å². The van der Waals surface area contributed by atoms with E-state index in [2.05, 4.69) is 0 Å². The average Bonchev–Trinajstić information content (AvgIpc) is 2.41. The fourth-order valence-corrected chi connectivity index (χ4v) is 2.08. The molecule has 1 fully saturated rings. The topological polar surface area (TPSA) is 47.9 Å². The van der Waals surface area contributed by atoms with Gasteiger partial charge < -0.3 is 19.3 Å². The van der Waals surface area contributed by atoms with E-state index in [1.165, 1.54) is 0 Å². The van der Waals surface area contributed by atoms with Crippen LogP contribution in [-0.2, 0) is 4.74 Å². The van der Waals surface area contributed by atoms with E-state index < -0.39 is 5.60 Å². The predicted molar refractivity (Wildman–Crippen MR) is 68.1 cm³/mol. The third kappa shape index (κ3) is 3.15. The number of aliphatic hydroxyl groups excluding tert-OH is 1. The second-order valence-electron chi connectivity index (χ2n) is 4.46. The first-order valence-corrected chi connectivity index (χ1v) is 6.38.